The van der Waals surface area contributed by atoms with Gasteiger partial charge in [0.25, 0.3) is 0 Å². The van der Waals surface area contributed by atoms with Crippen molar-refractivity contribution in [3.63, 3.8) is 0 Å². The highest BCUT2D eigenvalue weighted by atomic mass is 16.3. The largest absolute Gasteiger partial charge is 0.456 e. The van der Waals surface area contributed by atoms with E-state index in [2.05, 4.69) is 197 Å². The third kappa shape index (κ3) is 4.38. The molecule has 0 amide bonds. The molecule has 0 unspecified atom stereocenters. The molecular weight excluding hydrogens is 669 g/mol. The lowest BCUT2D eigenvalue weighted by Gasteiger charge is -2.12. The molecule has 0 aliphatic heterocycles. The lowest BCUT2D eigenvalue weighted by Crippen LogP contribution is -1.95. The van der Waals surface area contributed by atoms with E-state index >= 15 is 0 Å². The number of hydrogen-bond acceptors (Lipinski definition) is 1. The third-order valence-corrected chi connectivity index (χ3v) is 11.5. The summed E-state index contributed by atoms with van der Waals surface area (Å²) >= 11 is 0. The van der Waals surface area contributed by atoms with Crippen molar-refractivity contribution in [3.05, 3.63) is 194 Å². The Morgan fingerprint density at radius 1 is 0.345 bits per heavy atom. The van der Waals surface area contributed by atoms with Gasteiger partial charge in [0.05, 0.1) is 33.1 Å². The van der Waals surface area contributed by atoms with Crippen LogP contribution >= 0.6 is 0 Å². The van der Waals surface area contributed by atoms with E-state index in [0.717, 1.165) is 33.3 Å². The van der Waals surface area contributed by atoms with Crippen molar-refractivity contribution in [2.24, 2.45) is 0 Å². The molecule has 12 rings (SSSR count). The maximum absolute atomic E-state index is 6.40. The second-order valence-corrected chi connectivity index (χ2v) is 14.5. The molecular formula is C52H32N2O. The predicted molar refractivity (Wildman–Crippen MR) is 231 cm³/mol. The van der Waals surface area contributed by atoms with E-state index in [1.165, 1.54) is 76.6 Å². The van der Waals surface area contributed by atoms with Gasteiger partial charge in [0, 0.05) is 38.0 Å². The summed E-state index contributed by atoms with van der Waals surface area (Å²) in [5.74, 6) is 0. The standard InChI is InChI=1S/C52H32N2O/c1-3-13-33(14-4-1)38-20-11-21-46-50(38)43-32-36(27-30-45(43)53(46)37-16-5-2-6-17-37)35-26-29-44-42(31-35)40-28-25-34-15-7-8-18-39(34)52(40)54(44)47-22-12-24-49-51(47)41-19-9-10-23-48(41)55-49/h1-32H. The molecule has 3 heterocycles. The van der Waals surface area contributed by atoms with Gasteiger partial charge in [-0.25, -0.2) is 0 Å². The van der Waals surface area contributed by atoms with Crippen molar-refractivity contribution < 1.29 is 4.42 Å². The van der Waals surface area contributed by atoms with Crippen LogP contribution in [0.2, 0.25) is 0 Å². The maximum atomic E-state index is 6.40. The molecule has 0 spiro atoms. The predicted octanol–water partition coefficient (Wildman–Crippen LogP) is 14.3. The Bertz CT molecular complexity index is 3470. The van der Waals surface area contributed by atoms with E-state index in [-0.39, 0.29) is 0 Å². The molecule has 0 fully saturated rings. The highest BCUT2D eigenvalue weighted by Gasteiger charge is 2.21. The zero-order valence-corrected chi connectivity index (χ0v) is 29.8. The average Bonchev–Trinajstić information content (AvgIpc) is 3.92. The smallest absolute Gasteiger partial charge is 0.137 e. The van der Waals surface area contributed by atoms with E-state index in [9.17, 15) is 0 Å². The summed E-state index contributed by atoms with van der Waals surface area (Å²) in [6, 6.07) is 70.3. The van der Waals surface area contributed by atoms with E-state index in [0.29, 0.717) is 0 Å². The monoisotopic (exact) mass is 700 g/mol. The van der Waals surface area contributed by atoms with Gasteiger partial charge >= 0.3 is 0 Å². The number of furan rings is 1. The van der Waals surface area contributed by atoms with E-state index < -0.39 is 0 Å². The van der Waals surface area contributed by atoms with Crippen molar-refractivity contribution in [2.45, 2.75) is 0 Å². The number of benzene rings is 9. The van der Waals surface area contributed by atoms with Crippen molar-refractivity contribution in [2.75, 3.05) is 0 Å². The maximum Gasteiger partial charge on any atom is 0.137 e. The van der Waals surface area contributed by atoms with Crippen molar-refractivity contribution >= 4 is 76.3 Å². The topological polar surface area (TPSA) is 23.0 Å². The molecule has 3 nitrogen and oxygen atoms in total. The van der Waals surface area contributed by atoms with Crippen molar-refractivity contribution in [3.8, 4) is 33.6 Å². The van der Waals surface area contributed by atoms with E-state index in [4.69, 9.17) is 4.42 Å². The average molecular weight is 701 g/mol. The van der Waals surface area contributed by atoms with Crippen LogP contribution in [0.15, 0.2) is 199 Å². The van der Waals surface area contributed by atoms with E-state index in [1.54, 1.807) is 0 Å². The fourth-order valence-electron chi connectivity index (χ4n) is 9.12. The molecule has 0 atom stereocenters. The van der Waals surface area contributed by atoms with Gasteiger partial charge in [0.2, 0.25) is 0 Å². The number of aromatic nitrogens is 2. The number of rotatable bonds is 4. The Morgan fingerprint density at radius 3 is 1.85 bits per heavy atom. The van der Waals surface area contributed by atoms with Crippen LogP contribution in [0, 0.1) is 0 Å². The molecule has 0 aliphatic carbocycles. The Balaban J connectivity index is 1.14. The molecule has 12 aromatic rings. The quantitative estimate of drug-likeness (QED) is 0.179. The molecule has 0 bridgehead atoms. The first kappa shape index (κ1) is 30.1. The lowest BCUT2D eigenvalue weighted by molar-refractivity contribution is 0.669. The van der Waals surface area contributed by atoms with Gasteiger partial charge in [-0.1, -0.05) is 133 Å². The summed E-state index contributed by atoms with van der Waals surface area (Å²) in [5, 5.41) is 9.65. The highest BCUT2D eigenvalue weighted by molar-refractivity contribution is 6.21. The van der Waals surface area contributed by atoms with Crippen LogP contribution in [0.1, 0.15) is 0 Å². The van der Waals surface area contributed by atoms with Crippen LogP contribution in [-0.4, -0.2) is 9.13 Å². The van der Waals surface area contributed by atoms with Gasteiger partial charge in [-0.3, -0.25) is 0 Å². The summed E-state index contributed by atoms with van der Waals surface area (Å²) in [7, 11) is 0. The second-order valence-electron chi connectivity index (χ2n) is 14.5. The molecule has 55 heavy (non-hydrogen) atoms. The minimum Gasteiger partial charge on any atom is -0.456 e. The number of nitrogens with zero attached hydrogens (tertiary/aromatic N) is 2. The second kappa shape index (κ2) is 11.6. The summed E-state index contributed by atoms with van der Waals surface area (Å²) < 4.78 is 11.3. The van der Waals surface area contributed by atoms with Crippen LogP contribution in [0.4, 0.5) is 0 Å². The fraction of sp³-hybridized carbons (Fsp3) is 0. The summed E-state index contributed by atoms with van der Waals surface area (Å²) in [4.78, 5) is 0. The Kier molecular flexibility index (Phi) is 6.34. The van der Waals surface area contributed by atoms with Crippen LogP contribution in [0.3, 0.4) is 0 Å². The number of fused-ring (bicyclic) bond motifs is 11. The first-order valence-electron chi connectivity index (χ1n) is 18.9. The minimum absolute atomic E-state index is 0.892. The SMILES string of the molecule is c1ccc(-c2cccc3c2c2cc(-c4ccc5c(c4)c4ccc6ccccc6c4n5-c4cccc5oc6ccccc6c45)ccc2n3-c2ccccc2)cc1. The molecule has 0 saturated heterocycles. The van der Waals surface area contributed by atoms with Crippen molar-refractivity contribution in [1.82, 2.24) is 9.13 Å². The first-order valence-corrected chi connectivity index (χ1v) is 18.9. The molecule has 0 N–H and O–H groups in total. The van der Waals surface area contributed by atoms with Crippen molar-refractivity contribution in [1.29, 1.82) is 0 Å². The van der Waals surface area contributed by atoms with Crippen LogP contribution in [-0.2, 0) is 0 Å². The van der Waals surface area contributed by atoms with Crippen LogP contribution < -0.4 is 0 Å². The summed E-state index contributed by atoms with van der Waals surface area (Å²) in [6.07, 6.45) is 0. The molecule has 9 aromatic carbocycles. The summed E-state index contributed by atoms with van der Waals surface area (Å²) in [6.45, 7) is 0. The number of hydrogen-bond donors (Lipinski definition) is 0. The zero-order valence-electron chi connectivity index (χ0n) is 29.8. The van der Waals surface area contributed by atoms with Gasteiger partial charge in [-0.05, 0) is 88.3 Å². The molecule has 3 aromatic heterocycles. The first-order chi connectivity index (χ1) is 27.3. The minimum atomic E-state index is 0.892. The van der Waals surface area contributed by atoms with Crippen LogP contribution in [0.25, 0.3) is 110 Å². The Hall–Kier alpha value is -7.36. The normalized spacial score (nSPS) is 12.0. The lowest BCUT2D eigenvalue weighted by atomic mass is 9.97. The van der Waals surface area contributed by atoms with Gasteiger partial charge in [-0.15, -0.1) is 0 Å². The molecule has 256 valence electrons. The van der Waals surface area contributed by atoms with Gasteiger partial charge < -0.3 is 13.6 Å². The Labute approximate surface area is 316 Å². The Morgan fingerprint density at radius 2 is 1.02 bits per heavy atom. The molecule has 0 radical (unpaired) electrons. The molecule has 3 heteroatoms. The van der Waals surface area contributed by atoms with E-state index in [1.807, 2.05) is 6.07 Å². The summed E-state index contributed by atoms with van der Waals surface area (Å²) in [5.41, 5.74) is 13.7. The van der Waals surface area contributed by atoms with Gasteiger partial charge in [0.1, 0.15) is 11.2 Å². The molecule has 0 aliphatic rings. The zero-order chi connectivity index (χ0) is 36.0. The highest BCUT2D eigenvalue weighted by Crippen LogP contribution is 2.44. The number of para-hydroxylation sites is 2. The third-order valence-electron chi connectivity index (χ3n) is 11.5. The van der Waals surface area contributed by atoms with Gasteiger partial charge in [0.15, 0.2) is 0 Å². The fourth-order valence-corrected chi connectivity index (χ4v) is 9.12. The molecule has 0 saturated carbocycles. The van der Waals surface area contributed by atoms with Crippen LogP contribution in [0.5, 0.6) is 0 Å². The van der Waals surface area contributed by atoms with Gasteiger partial charge in [-0.2, -0.15) is 0 Å².